The minimum Gasteiger partial charge on any atom is -0.382 e. The normalized spacial score (nSPS) is 13.3. The summed E-state index contributed by atoms with van der Waals surface area (Å²) >= 11 is 2.65. The van der Waals surface area contributed by atoms with Gasteiger partial charge in [-0.25, -0.2) is 9.97 Å². The zero-order valence-electron chi connectivity index (χ0n) is 12.3. The molecule has 23 heavy (non-hydrogen) atoms. The number of fused-ring (bicyclic) bond motifs is 1. The highest BCUT2D eigenvalue weighted by molar-refractivity contribution is 8.00. The molecule has 2 rings (SSSR count). The van der Waals surface area contributed by atoms with Crippen LogP contribution in [0.3, 0.4) is 0 Å². The fourth-order valence-corrected chi connectivity index (χ4v) is 3.72. The van der Waals surface area contributed by atoms with Gasteiger partial charge in [-0.15, -0.1) is 11.3 Å². The average Bonchev–Trinajstić information content (AvgIpc) is 2.77. The average molecular weight is 365 g/mol. The molecule has 5 nitrogen and oxygen atoms in total. The molecule has 2 heterocycles. The van der Waals surface area contributed by atoms with Crippen molar-refractivity contribution < 1.29 is 23.1 Å². The number of amides is 1. The van der Waals surface area contributed by atoms with Crippen LogP contribution in [0.15, 0.2) is 11.4 Å². The van der Waals surface area contributed by atoms with Crippen LogP contribution in [0.25, 0.3) is 10.2 Å². The topological polar surface area (TPSA) is 75.1 Å². The fraction of sp³-hybridized carbons (Fsp3) is 0.462. The third-order valence-corrected chi connectivity index (χ3v) is 5.25. The zero-order chi connectivity index (χ0) is 17.2. The van der Waals surface area contributed by atoms with E-state index in [1.807, 2.05) is 13.8 Å². The lowest BCUT2D eigenvalue weighted by Gasteiger charge is -2.14. The monoisotopic (exact) mass is 365 g/mol. The molecule has 126 valence electrons. The van der Waals surface area contributed by atoms with Gasteiger partial charge in [0.15, 0.2) is 6.10 Å². The predicted octanol–water partition coefficient (Wildman–Crippen LogP) is 2.44. The Hall–Kier alpha value is -1.39. The quantitative estimate of drug-likeness (QED) is 0.629. The highest BCUT2D eigenvalue weighted by atomic mass is 32.2. The largest absolute Gasteiger partial charge is 0.416 e. The smallest absolute Gasteiger partial charge is 0.382 e. The number of hydrogen-bond acceptors (Lipinski definition) is 6. The number of hydrogen-bond donors (Lipinski definition) is 2. The van der Waals surface area contributed by atoms with Gasteiger partial charge < -0.3 is 10.4 Å². The van der Waals surface area contributed by atoms with Crippen molar-refractivity contribution in [3.8, 4) is 0 Å². The predicted molar refractivity (Wildman–Crippen MR) is 82.7 cm³/mol. The second kappa shape index (κ2) is 7.02. The Balaban J connectivity index is 1.97. The number of halogens is 3. The third kappa shape index (κ3) is 4.33. The summed E-state index contributed by atoms with van der Waals surface area (Å²) in [5, 5.41) is 12.4. The second-order valence-corrected chi connectivity index (χ2v) is 6.96. The Bertz CT molecular complexity index is 718. The van der Waals surface area contributed by atoms with E-state index < -0.39 is 24.7 Å². The van der Waals surface area contributed by atoms with E-state index >= 15 is 0 Å². The van der Waals surface area contributed by atoms with Crippen molar-refractivity contribution in [1.29, 1.82) is 0 Å². The number of aromatic nitrogens is 2. The molecular weight excluding hydrogens is 351 g/mol. The van der Waals surface area contributed by atoms with E-state index in [0.717, 1.165) is 32.4 Å². The standard InChI is InChI=1S/C13H14F3N3O2S2/c1-6-7(2)23-12-10(6)11(18-5-19-12)22-4-9(21)17-3-8(20)13(14,15)16/h5,8,20H,3-4H2,1-2H3,(H,17,21)/t8-/m0/s1. The van der Waals surface area contributed by atoms with Crippen LogP contribution in [-0.4, -0.2) is 45.6 Å². The number of aliphatic hydroxyl groups is 1. The van der Waals surface area contributed by atoms with E-state index in [9.17, 15) is 18.0 Å². The van der Waals surface area contributed by atoms with Crippen molar-refractivity contribution in [2.75, 3.05) is 12.3 Å². The minimum atomic E-state index is -4.75. The zero-order valence-corrected chi connectivity index (χ0v) is 13.9. The third-order valence-electron chi connectivity index (χ3n) is 3.14. The lowest BCUT2D eigenvalue weighted by Crippen LogP contribution is -2.41. The number of rotatable bonds is 5. The molecule has 2 aromatic rings. The van der Waals surface area contributed by atoms with Gasteiger partial charge in [-0.05, 0) is 19.4 Å². The summed E-state index contributed by atoms with van der Waals surface area (Å²) in [5.74, 6) is -0.694. The van der Waals surface area contributed by atoms with Gasteiger partial charge in [-0.2, -0.15) is 13.2 Å². The van der Waals surface area contributed by atoms with Gasteiger partial charge >= 0.3 is 6.18 Å². The molecule has 0 aliphatic rings. The molecule has 0 aliphatic heterocycles. The Morgan fingerprint density at radius 1 is 1.43 bits per heavy atom. The summed E-state index contributed by atoms with van der Waals surface area (Å²) in [5.41, 5.74) is 1.03. The molecule has 0 saturated heterocycles. The van der Waals surface area contributed by atoms with Gasteiger partial charge in [0, 0.05) is 10.3 Å². The van der Waals surface area contributed by atoms with Crippen molar-refractivity contribution in [3.05, 3.63) is 16.8 Å². The van der Waals surface area contributed by atoms with E-state index in [4.69, 9.17) is 5.11 Å². The van der Waals surface area contributed by atoms with Gasteiger partial charge in [0.1, 0.15) is 16.2 Å². The summed E-state index contributed by atoms with van der Waals surface area (Å²) in [6, 6.07) is 0. The molecule has 0 bridgehead atoms. The number of thiophene rings is 1. The fourth-order valence-electron chi connectivity index (χ4n) is 1.77. The first-order valence-electron chi connectivity index (χ1n) is 6.55. The highest BCUT2D eigenvalue weighted by Gasteiger charge is 2.38. The molecule has 1 amide bonds. The maximum Gasteiger partial charge on any atom is 0.416 e. The number of carbonyl (C=O) groups is 1. The molecule has 0 aromatic carbocycles. The molecule has 10 heteroatoms. The molecule has 0 fully saturated rings. The molecule has 0 unspecified atom stereocenters. The summed E-state index contributed by atoms with van der Waals surface area (Å²) in [7, 11) is 0. The maximum absolute atomic E-state index is 12.1. The first-order chi connectivity index (χ1) is 10.7. The Labute approximate surface area is 138 Å². The SMILES string of the molecule is Cc1sc2ncnc(SCC(=O)NC[C@H](O)C(F)(F)F)c2c1C. The van der Waals surface area contributed by atoms with Gasteiger partial charge in [0.05, 0.1) is 12.3 Å². The van der Waals surface area contributed by atoms with Gasteiger partial charge in [-0.1, -0.05) is 11.8 Å². The van der Waals surface area contributed by atoms with Crippen molar-refractivity contribution in [1.82, 2.24) is 15.3 Å². The number of aryl methyl sites for hydroxylation is 2. The maximum atomic E-state index is 12.1. The lowest BCUT2D eigenvalue weighted by molar-refractivity contribution is -0.201. The molecule has 0 radical (unpaired) electrons. The van der Waals surface area contributed by atoms with Crippen LogP contribution in [-0.2, 0) is 4.79 Å². The van der Waals surface area contributed by atoms with Gasteiger partial charge in [0.25, 0.3) is 0 Å². The van der Waals surface area contributed by atoms with Crippen LogP contribution in [0.2, 0.25) is 0 Å². The lowest BCUT2D eigenvalue weighted by atomic mass is 10.2. The van der Waals surface area contributed by atoms with Crippen molar-refractivity contribution >= 4 is 39.2 Å². The van der Waals surface area contributed by atoms with Crippen molar-refractivity contribution in [3.63, 3.8) is 0 Å². The second-order valence-electron chi connectivity index (χ2n) is 4.79. The first-order valence-corrected chi connectivity index (χ1v) is 8.35. The van der Waals surface area contributed by atoms with Crippen LogP contribution < -0.4 is 5.32 Å². The first kappa shape index (κ1) is 18.0. The van der Waals surface area contributed by atoms with Gasteiger partial charge in [0.2, 0.25) is 5.91 Å². The summed E-state index contributed by atoms with van der Waals surface area (Å²) in [6.07, 6.45) is -5.92. The molecule has 0 aliphatic carbocycles. The summed E-state index contributed by atoms with van der Waals surface area (Å²) in [6.45, 7) is 3.03. The van der Waals surface area contributed by atoms with Crippen LogP contribution in [0.5, 0.6) is 0 Å². The van der Waals surface area contributed by atoms with E-state index in [-0.39, 0.29) is 5.75 Å². The molecule has 0 spiro atoms. The number of alkyl halides is 3. The molecule has 2 N–H and O–H groups in total. The van der Waals surface area contributed by atoms with E-state index in [0.29, 0.717) is 5.03 Å². The molecule has 2 aromatic heterocycles. The van der Waals surface area contributed by atoms with Crippen LogP contribution in [0.1, 0.15) is 10.4 Å². The summed E-state index contributed by atoms with van der Waals surface area (Å²) in [4.78, 5) is 21.8. The molecular formula is C13H14F3N3O2S2. The number of nitrogens with zero attached hydrogens (tertiary/aromatic N) is 2. The molecule has 1 atom stereocenters. The summed E-state index contributed by atoms with van der Waals surface area (Å²) < 4.78 is 36.4. The van der Waals surface area contributed by atoms with Crippen molar-refractivity contribution in [2.45, 2.75) is 31.2 Å². The molecule has 0 saturated carbocycles. The Morgan fingerprint density at radius 2 is 2.13 bits per heavy atom. The minimum absolute atomic E-state index is 0.0922. The van der Waals surface area contributed by atoms with Crippen LogP contribution in [0.4, 0.5) is 13.2 Å². The number of thioether (sulfide) groups is 1. The van der Waals surface area contributed by atoms with E-state index in [1.165, 1.54) is 17.7 Å². The number of carbonyl (C=O) groups excluding carboxylic acids is 1. The van der Waals surface area contributed by atoms with Crippen LogP contribution in [0, 0.1) is 13.8 Å². The van der Waals surface area contributed by atoms with Gasteiger partial charge in [-0.3, -0.25) is 4.79 Å². The van der Waals surface area contributed by atoms with Crippen LogP contribution >= 0.6 is 23.1 Å². The van der Waals surface area contributed by atoms with E-state index in [1.54, 1.807) is 0 Å². The Morgan fingerprint density at radius 3 is 2.78 bits per heavy atom. The number of nitrogens with one attached hydrogen (secondary N) is 1. The highest BCUT2D eigenvalue weighted by Crippen LogP contribution is 2.34. The number of aliphatic hydroxyl groups excluding tert-OH is 1. The van der Waals surface area contributed by atoms with Crippen molar-refractivity contribution in [2.24, 2.45) is 0 Å². The Kier molecular flexibility index (Phi) is 5.48. The van der Waals surface area contributed by atoms with E-state index in [2.05, 4.69) is 15.3 Å².